The van der Waals surface area contributed by atoms with Gasteiger partial charge in [-0.1, -0.05) is 0 Å². The van der Waals surface area contributed by atoms with Crippen LogP contribution in [-0.4, -0.2) is 55.8 Å². The minimum atomic E-state index is -0.226. The third kappa shape index (κ3) is 3.21. The molecule has 2 aromatic heterocycles. The number of pyridine rings is 1. The fourth-order valence-electron chi connectivity index (χ4n) is 4.20. The van der Waals surface area contributed by atoms with Gasteiger partial charge in [-0.25, -0.2) is 14.8 Å². The summed E-state index contributed by atoms with van der Waals surface area (Å²) >= 11 is 0. The second kappa shape index (κ2) is 7.49. The number of nitrogens with one attached hydrogen (secondary N) is 2. The molecule has 1 saturated heterocycles. The number of urea groups is 1. The lowest BCUT2D eigenvalue weighted by molar-refractivity contribution is 0.257. The van der Waals surface area contributed by atoms with E-state index < -0.39 is 0 Å². The number of anilines is 3. The van der Waals surface area contributed by atoms with Crippen LogP contribution in [0.25, 0.3) is 11.1 Å². The van der Waals surface area contributed by atoms with Gasteiger partial charge in [0, 0.05) is 74.9 Å². The van der Waals surface area contributed by atoms with Crippen molar-refractivity contribution < 1.29 is 13.9 Å². The molecule has 0 atom stereocenters. The van der Waals surface area contributed by atoms with Crippen LogP contribution in [0, 0.1) is 6.92 Å². The van der Waals surface area contributed by atoms with E-state index in [2.05, 4.69) is 31.6 Å². The van der Waals surface area contributed by atoms with Crippen molar-refractivity contribution in [1.82, 2.24) is 15.3 Å². The Labute approximate surface area is 174 Å². The summed E-state index contributed by atoms with van der Waals surface area (Å²) in [7, 11) is 1.57. The van der Waals surface area contributed by atoms with Gasteiger partial charge in [0.2, 0.25) is 0 Å². The smallest absolute Gasteiger partial charge is 0.327 e. The number of carbonyl (C=O) groups is 1. The molecule has 0 unspecified atom stereocenters. The van der Waals surface area contributed by atoms with Crippen molar-refractivity contribution in [2.45, 2.75) is 13.3 Å². The molecular weight excluding hydrogens is 384 g/mol. The van der Waals surface area contributed by atoms with Gasteiger partial charge in [0.15, 0.2) is 22.7 Å². The number of methoxy groups -OCH3 is 1. The van der Waals surface area contributed by atoms with Crippen LogP contribution >= 0.6 is 0 Å². The van der Waals surface area contributed by atoms with E-state index >= 15 is 0 Å². The van der Waals surface area contributed by atoms with E-state index in [9.17, 15) is 4.79 Å². The van der Waals surface area contributed by atoms with E-state index in [1.807, 2.05) is 0 Å². The average Bonchev–Trinajstić information content (AvgIpc) is 3.36. The summed E-state index contributed by atoms with van der Waals surface area (Å²) in [5, 5.41) is 6.33. The number of aromatic nitrogens is 2. The fraction of sp³-hybridized carbons (Fsp3) is 0.381. The lowest BCUT2D eigenvalue weighted by atomic mass is 10.1. The van der Waals surface area contributed by atoms with Crippen LogP contribution in [-0.2, 0) is 6.42 Å². The van der Waals surface area contributed by atoms with Crippen LogP contribution in [0.5, 0.6) is 5.75 Å². The van der Waals surface area contributed by atoms with Crippen molar-refractivity contribution in [2.75, 3.05) is 55.0 Å². The lowest BCUT2D eigenvalue weighted by Gasteiger charge is -2.31. The molecule has 156 valence electrons. The highest BCUT2D eigenvalue weighted by Gasteiger charge is 2.30. The Morgan fingerprint density at radius 3 is 2.90 bits per heavy atom. The molecule has 3 aromatic rings. The number of ether oxygens (including phenoxy) is 1. The van der Waals surface area contributed by atoms with Crippen molar-refractivity contribution >= 4 is 34.3 Å². The Morgan fingerprint density at radius 2 is 2.10 bits per heavy atom. The second-order valence-electron chi connectivity index (χ2n) is 7.46. The molecule has 1 fully saturated rings. The monoisotopic (exact) mass is 408 g/mol. The number of amides is 2. The Balaban J connectivity index is 1.41. The summed E-state index contributed by atoms with van der Waals surface area (Å²) in [6, 6.07) is 5.34. The van der Waals surface area contributed by atoms with Crippen molar-refractivity contribution in [2.24, 2.45) is 0 Å². The fourth-order valence-corrected chi connectivity index (χ4v) is 4.20. The zero-order chi connectivity index (χ0) is 20.7. The maximum atomic E-state index is 13.1. The van der Waals surface area contributed by atoms with Gasteiger partial charge in [0.05, 0.1) is 7.11 Å². The molecule has 0 radical (unpaired) electrons. The molecule has 0 saturated carbocycles. The van der Waals surface area contributed by atoms with Gasteiger partial charge in [-0.05, 0) is 12.5 Å². The van der Waals surface area contributed by atoms with E-state index in [0.29, 0.717) is 35.0 Å². The number of oxazole rings is 1. The number of hydrogen-bond acceptors (Lipinski definition) is 7. The topological polar surface area (TPSA) is 95.8 Å². The van der Waals surface area contributed by atoms with Crippen LogP contribution in [0.2, 0.25) is 0 Å². The normalized spacial score (nSPS) is 16.1. The number of carbonyl (C=O) groups excluding carboxylic acids is 1. The Hall–Kier alpha value is -3.33. The molecule has 0 aliphatic carbocycles. The first-order valence-electron chi connectivity index (χ1n) is 10.1. The minimum absolute atomic E-state index is 0.226. The maximum absolute atomic E-state index is 13.1. The largest absolute Gasteiger partial charge is 0.494 e. The molecule has 0 spiro atoms. The van der Waals surface area contributed by atoms with Gasteiger partial charge < -0.3 is 24.7 Å². The number of aryl methyl sites for hydroxylation is 1. The Bertz CT molecular complexity index is 1110. The van der Waals surface area contributed by atoms with Gasteiger partial charge in [-0.15, -0.1) is 0 Å². The zero-order valence-electron chi connectivity index (χ0n) is 17.1. The summed E-state index contributed by atoms with van der Waals surface area (Å²) in [5.74, 6) is 1.83. The Kier molecular flexibility index (Phi) is 4.66. The van der Waals surface area contributed by atoms with E-state index in [1.165, 1.54) is 5.69 Å². The van der Waals surface area contributed by atoms with Gasteiger partial charge >= 0.3 is 6.03 Å². The van der Waals surface area contributed by atoms with Gasteiger partial charge in [-0.2, -0.15) is 0 Å². The second-order valence-corrected chi connectivity index (χ2v) is 7.46. The van der Waals surface area contributed by atoms with E-state index in [-0.39, 0.29) is 6.03 Å². The highest BCUT2D eigenvalue weighted by Crippen LogP contribution is 2.35. The SMILES string of the molecule is COc1cc(NC(=O)N2CCc3c(N4CCNCC4)ccnc32)cc2oc(C)nc12. The van der Waals surface area contributed by atoms with Gasteiger partial charge in [-0.3, -0.25) is 4.90 Å². The third-order valence-corrected chi connectivity index (χ3v) is 5.59. The molecule has 9 nitrogen and oxygen atoms in total. The molecule has 30 heavy (non-hydrogen) atoms. The number of fused-ring (bicyclic) bond motifs is 2. The minimum Gasteiger partial charge on any atom is -0.494 e. The maximum Gasteiger partial charge on any atom is 0.327 e. The first-order valence-corrected chi connectivity index (χ1v) is 10.1. The molecule has 0 bridgehead atoms. The number of benzene rings is 1. The highest BCUT2D eigenvalue weighted by molar-refractivity contribution is 6.04. The van der Waals surface area contributed by atoms with Crippen LogP contribution in [0.4, 0.5) is 22.0 Å². The lowest BCUT2D eigenvalue weighted by Crippen LogP contribution is -2.43. The van der Waals surface area contributed by atoms with Crippen molar-refractivity contribution in [1.29, 1.82) is 0 Å². The molecule has 1 aromatic carbocycles. The number of piperazine rings is 1. The van der Waals surface area contributed by atoms with Crippen LogP contribution in [0.1, 0.15) is 11.5 Å². The zero-order valence-corrected chi connectivity index (χ0v) is 17.1. The van der Waals surface area contributed by atoms with Crippen molar-refractivity contribution in [3.05, 3.63) is 35.9 Å². The van der Waals surface area contributed by atoms with E-state index in [1.54, 1.807) is 37.3 Å². The average molecular weight is 408 g/mol. The van der Waals surface area contributed by atoms with Crippen molar-refractivity contribution in [3.8, 4) is 5.75 Å². The number of nitrogens with zero attached hydrogens (tertiary/aromatic N) is 4. The predicted molar refractivity (Wildman–Crippen MR) is 115 cm³/mol. The molecule has 2 aliphatic heterocycles. The van der Waals surface area contributed by atoms with Crippen molar-refractivity contribution in [3.63, 3.8) is 0 Å². The standard InChI is InChI=1S/C21H24N6O3/c1-13-24-19-17(29-2)11-14(12-18(19)30-13)25-21(28)27-8-4-15-16(3-5-23-20(15)27)26-9-6-22-7-10-26/h3,5,11-12,22H,4,6-10H2,1-2H3,(H,25,28). The van der Waals surface area contributed by atoms with Gasteiger partial charge in [0.25, 0.3) is 0 Å². The first-order chi connectivity index (χ1) is 14.6. The molecule has 2 aliphatic rings. The molecule has 2 amide bonds. The molecule has 5 rings (SSSR count). The summed E-state index contributed by atoms with van der Waals surface area (Å²) < 4.78 is 11.0. The van der Waals surface area contributed by atoms with Crippen LogP contribution in [0.15, 0.2) is 28.8 Å². The molecule has 2 N–H and O–H groups in total. The number of hydrogen-bond donors (Lipinski definition) is 2. The first kappa shape index (κ1) is 18.7. The summed E-state index contributed by atoms with van der Waals surface area (Å²) in [6.07, 6.45) is 2.58. The number of rotatable bonds is 3. The molecular formula is C21H24N6O3. The molecule has 4 heterocycles. The Morgan fingerprint density at radius 1 is 1.27 bits per heavy atom. The van der Waals surface area contributed by atoms with Gasteiger partial charge in [0.1, 0.15) is 5.82 Å². The summed E-state index contributed by atoms with van der Waals surface area (Å²) in [5.41, 5.74) is 4.11. The summed E-state index contributed by atoms with van der Waals surface area (Å²) in [4.78, 5) is 26.0. The highest BCUT2D eigenvalue weighted by atomic mass is 16.5. The van der Waals surface area contributed by atoms with Crippen LogP contribution < -0.4 is 25.2 Å². The van der Waals surface area contributed by atoms with E-state index in [0.717, 1.165) is 44.0 Å². The predicted octanol–water partition coefficient (Wildman–Crippen LogP) is 2.54. The van der Waals surface area contributed by atoms with Crippen LogP contribution in [0.3, 0.4) is 0 Å². The summed E-state index contributed by atoms with van der Waals surface area (Å²) in [6.45, 7) is 6.22. The molecule has 9 heteroatoms. The quantitative estimate of drug-likeness (QED) is 0.688. The van der Waals surface area contributed by atoms with E-state index in [4.69, 9.17) is 9.15 Å². The third-order valence-electron chi connectivity index (χ3n) is 5.59.